The van der Waals surface area contributed by atoms with Crippen molar-refractivity contribution in [3.8, 4) is 0 Å². The number of carbonyl (C=O) groups excluding carboxylic acids is 1. The molecule has 0 aromatic heterocycles. The van der Waals surface area contributed by atoms with Crippen LogP contribution in [0.2, 0.25) is 0 Å². The van der Waals surface area contributed by atoms with Crippen molar-refractivity contribution in [2.45, 2.75) is 354 Å². The van der Waals surface area contributed by atoms with Crippen molar-refractivity contribution < 1.29 is 30.0 Å². The monoisotopic (exact) mass is 1420 g/mol. The first-order valence-corrected chi connectivity index (χ1v) is 44.4. The van der Waals surface area contributed by atoms with E-state index in [-0.39, 0.29) is 18.2 Å². The molecular weight excluding hydrogens is 1260 g/mol. The largest absolute Gasteiger partial charge is 0.464 e. The highest BCUT2D eigenvalue weighted by Crippen LogP contribution is 2.23. The molecule has 1 saturated heterocycles. The van der Waals surface area contributed by atoms with Gasteiger partial charge < -0.3 is 25.2 Å². The summed E-state index contributed by atoms with van der Waals surface area (Å²) >= 11 is 0. The van der Waals surface area contributed by atoms with E-state index in [4.69, 9.17) is 4.74 Å². The average molecular weight is 1420 g/mol. The lowest BCUT2D eigenvalue weighted by molar-refractivity contribution is -0.144. The minimum atomic E-state index is -0.445. The Morgan fingerprint density at radius 2 is 0.616 bits per heavy atom. The first-order chi connectivity index (χ1) is 48.7. The average Bonchev–Trinajstić information content (AvgIpc) is 2.50. The standard InChI is InChI=1S/C87H160N4O6S2/c1-5-9-13-17-21-25-29-33-37-41-45-49-53-57-63-83(92)79-90(80-84(93)64-58-54-50-46-42-38-34-30-26-22-18-14-10-6-2)68-61-67-87(96)97-76-74-88-70-72-89(73-71-88)75-78-99-98-77-62-69-91(81-85(94)65-59-55-51-47-43-39-35-31-27-23-19-15-11-7-3)82-86(95)66-60-56-52-48-44-40-36-32-28-24-20-16-12-8-4/h21-28,33-40,83-86,92-95H,5-20,29-32,41-82H2,1-4H3/b25-21-,26-22-,27-23-,28-24-,37-33-,38-34-,39-35-,40-36-. The highest BCUT2D eigenvalue weighted by molar-refractivity contribution is 8.76. The molecule has 0 spiro atoms. The SMILES string of the molecule is CCCCC/C=C\C/C=C\CCCCCCC(O)CN(CCCSSCCN1CCN(CCOC(=O)CCCN(CC(O)CCCCCC/C=C\C/C=C\CCCCC)CC(O)CCCCCC/C=C\C/C=C\CCCCC)CC1)CC(O)CCCCCC/C=C\C/C=C\CCCCC. The molecule has 10 nitrogen and oxygen atoms in total. The molecule has 1 rings (SSSR count). The molecule has 0 radical (unpaired) electrons. The number of aliphatic hydroxyl groups excluding tert-OH is 4. The number of esters is 1. The predicted molar refractivity (Wildman–Crippen MR) is 438 cm³/mol. The molecule has 4 unspecified atom stereocenters. The fourth-order valence-electron chi connectivity index (χ4n) is 12.8. The van der Waals surface area contributed by atoms with Crippen molar-refractivity contribution in [2.75, 3.05) is 96.6 Å². The fourth-order valence-corrected chi connectivity index (χ4v) is 14.9. The van der Waals surface area contributed by atoms with E-state index in [1.807, 2.05) is 21.6 Å². The number of hydrogen-bond donors (Lipinski definition) is 4. The molecule has 576 valence electrons. The first kappa shape index (κ1) is 94.8. The Morgan fingerprint density at radius 3 is 0.929 bits per heavy atom. The normalized spacial score (nSPS) is 15.2. The van der Waals surface area contributed by atoms with Crippen LogP contribution in [0.1, 0.15) is 329 Å². The maximum atomic E-state index is 13.0. The maximum Gasteiger partial charge on any atom is 0.305 e. The Kier molecular flexibility index (Phi) is 73.6. The molecule has 0 saturated carbocycles. The van der Waals surface area contributed by atoms with Crippen LogP contribution >= 0.6 is 21.6 Å². The minimum Gasteiger partial charge on any atom is -0.464 e. The summed E-state index contributed by atoms with van der Waals surface area (Å²) in [4.78, 5) is 22.6. The Bertz CT molecular complexity index is 1830. The minimum absolute atomic E-state index is 0.158. The number of piperazine rings is 1. The number of rotatable bonds is 75. The summed E-state index contributed by atoms with van der Waals surface area (Å²) in [7, 11) is 3.93. The summed E-state index contributed by atoms with van der Waals surface area (Å²) in [5.41, 5.74) is 0. The van der Waals surface area contributed by atoms with E-state index in [1.54, 1.807) is 0 Å². The van der Waals surface area contributed by atoms with Gasteiger partial charge in [0, 0.05) is 83.4 Å². The Labute approximate surface area is 621 Å². The molecule has 1 aliphatic heterocycles. The molecule has 1 aliphatic rings. The third kappa shape index (κ3) is 69.9. The molecule has 0 aromatic rings. The van der Waals surface area contributed by atoms with Gasteiger partial charge in [-0.1, -0.05) is 275 Å². The fraction of sp³-hybridized carbons (Fsp3) is 0.805. The third-order valence-electron chi connectivity index (χ3n) is 19.1. The number of hydrogen-bond acceptors (Lipinski definition) is 12. The van der Waals surface area contributed by atoms with Crippen molar-refractivity contribution >= 4 is 27.6 Å². The van der Waals surface area contributed by atoms with Gasteiger partial charge in [-0.15, -0.1) is 0 Å². The molecule has 4 atom stereocenters. The molecule has 12 heteroatoms. The van der Waals surface area contributed by atoms with Crippen LogP contribution < -0.4 is 0 Å². The number of ether oxygens (including phenoxy) is 1. The lowest BCUT2D eigenvalue weighted by Gasteiger charge is -2.34. The van der Waals surface area contributed by atoms with Crippen LogP contribution in [-0.2, 0) is 9.53 Å². The second kappa shape index (κ2) is 76.9. The number of nitrogens with zero attached hydrogens (tertiary/aromatic N) is 4. The number of carbonyl (C=O) groups is 1. The highest BCUT2D eigenvalue weighted by atomic mass is 33.1. The number of aliphatic hydroxyl groups is 4. The van der Waals surface area contributed by atoms with Gasteiger partial charge >= 0.3 is 5.97 Å². The molecule has 1 fully saturated rings. The lowest BCUT2D eigenvalue weighted by Crippen LogP contribution is -2.47. The zero-order chi connectivity index (χ0) is 71.5. The molecule has 0 bridgehead atoms. The van der Waals surface area contributed by atoms with Gasteiger partial charge in [0.15, 0.2) is 0 Å². The summed E-state index contributed by atoms with van der Waals surface area (Å²) in [6.07, 6.45) is 87.9. The van der Waals surface area contributed by atoms with Gasteiger partial charge in [0.2, 0.25) is 0 Å². The zero-order valence-electron chi connectivity index (χ0n) is 65.1. The molecule has 99 heavy (non-hydrogen) atoms. The smallest absolute Gasteiger partial charge is 0.305 e. The van der Waals surface area contributed by atoms with Gasteiger partial charge in [-0.2, -0.15) is 0 Å². The van der Waals surface area contributed by atoms with E-state index in [0.29, 0.717) is 52.2 Å². The molecular formula is C87H160N4O6S2. The topological polar surface area (TPSA) is 120 Å². The van der Waals surface area contributed by atoms with Crippen molar-refractivity contribution in [3.05, 3.63) is 97.2 Å². The van der Waals surface area contributed by atoms with Crippen LogP contribution in [0.3, 0.4) is 0 Å². The number of allylic oxidation sites excluding steroid dienone is 16. The second-order valence-corrected chi connectivity index (χ2v) is 31.5. The van der Waals surface area contributed by atoms with Crippen molar-refractivity contribution in [1.82, 2.24) is 19.6 Å². The Morgan fingerprint density at radius 1 is 0.343 bits per heavy atom. The predicted octanol–water partition coefficient (Wildman–Crippen LogP) is 22.4. The third-order valence-corrected chi connectivity index (χ3v) is 21.6. The quantitative estimate of drug-likeness (QED) is 0.0201. The van der Waals surface area contributed by atoms with Gasteiger partial charge in [0.25, 0.3) is 0 Å². The Hall–Kier alpha value is -2.23. The zero-order valence-corrected chi connectivity index (χ0v) is 66.7. The van der Waals surface area contributed by atoms with Crippen LogP contribution in [0.5, 0.6) is 0 Å². The summed E-state index contributed by atoms with van der Waals surface area (Å²) in [5.74, 6) is 1.99. The molecule has 0 aliphatic carbocycles. The van der Waals surface area contributed by atoms with Gasteiger partial charge in [0.1, 0.15) is 6.61 Å². The molecule has 4 N–H and O–H groups in total. The molecule has 0 aromatic carbocycles. The van der Waals surface area contributed by atoms with Crippen LogP contribution in [-0.4, -0.2) is 167 Å². The van der Waals surface area contributed by atoms with Gasteiger partial charge in [-0.05, 0) is 180 Å². The van der Waals surface area contributed by atoms with E-state index in [0.717, 1.165) is 192 Å². The second-order valence-electron chi connectivity index (χ2n) is 28.8. The van der Waals surface area contributed by atoms with Gasteiger partial charge in [-0.3, -0.25) is 24.4 Å². The molecule has 1 heterocycles. The highest BCUT2D eigenvalue weighted by Gasteiger charge is 2.20. The van der Waals surface area contributed by atoms with Crippen LogP contribution in [0.4, 0.5) is 0 Å². The van der Waals surface area contributed by atoms with E-state index in [1.165, 1.54) is 154 Å². The first-order valence-electron chi connectivity index (χ1n) is 41.9. The summed E-state index contributed by atoms with van der Waals surface area (Å²) in [6, 6.07) is 0. The summed E-state index contributed by atoms with van der Waals surface area (Å²) in [5, 5.41) is 44.8. The van der Waals surface area contributed by atoms with E-state index < -0.39 is 12.2 Å². The summed E-state index contributed by atoms with van der Waals surface area (Å²) < 4.78 is 5.78. The van der Waals surface area contributed by atoms with Crippen molar-refractivity contribution in [3.63, 3.8) is 0 Å². The maximum absolute atomic E-state index is 13.0. The van der Waals surface area contributed by atoms with Gasteiger partial charge in [-0.25, -0.2) is 0 Å². The lowest BCUT2D eigenvalue weighted by atomic mass is 10.1. The van der Waals surface area contributed by atoms with Crippen LogP contribution in [0.15, 0.2) is 97.2 Å². The number of unbranched alkanes of at least 4 members (excludes halogenated alkanes) is 28. The van der Waals surface area contributed by atoms with Gasteiger partial charge in [0.05, 0.1) is 24.4 Å². The van der Waals surface area contributed by atoms with E-state index in [2.05, 4.69) is 145 Å². The van der Waals surface area contributed by atoms with Crippen LogP contribution in [0, 0.1) is 0 Å². The summed E-state index contributed by atoms with van der Waals surface area (Å²) in [6.45, 7) is 19.2. The van der Waals surface area contributed by atoms with E-state index >= 15 is 0 Å². The van der Waals surface area contributed by atoms with Crippen molar-refractivity contribution in [1.29, 1.82) is 0 Å². The van der Waals surface area contributed by atoms with Crippen LogP contribution in [0.25, 0.3) is 0 Å². The Balaban J connectivity index is 2.50. The van der Waals surface area contributed by atoms with E-state index in [9.17, 15) is 25.2 Å². The molecule has 0 amide bonds. The van der Waals surface area contributed by atoms with Crippen molar-refractivity contribution in [2.24, 2.45) is 0 Å².